The predicted octanol–water partition coefficient (Wildman–Crippen LogP) is 5.48. The van der Waals surface area contributed by atoms with Crippen molar-refractivity contribution in [2.75, 3.05) is 7.11 Å². The van der Waals surface area contributed by atoms with Gasteiger partial charge in [-0.25, -0.2) is 9.78 Å². The third-order valence-electron chi connectivity index (χ3n) is 3.69. The molecule has 3 rings (SSSR count). The van der Waals surface area contributed by atoms with E-state index in [1.54, 1.807) is 19.3 Å². The number of rotatable bonds is 4. The molecule has 26 heavy (non-hydrogen) atoms. The Labute approximate surface area is 161 Å². The maximum absolute atomic E-state index is 12.2. The van der Waals surface area contributed by atoms with Crippen LogP contribution >= 0.6 is 23.2 Å². The van der Waals surface area contributed by atoms with Crippen LogP contribution in [-0.2, 0) is 4.79 Å². The molecule has 6 heteroatoms. The Kier molecular flexibility index (Phi) is 5.45. The van der Waals surface area contributed by atoms with E-state index in [1.165, 1.54) is 12.1 Å². The molecule has 2 aromatic carbocycles. The van der Waals surface area contributed by atoms with Gasteiger partial charge >= 0.3 is 5.97 Å². The summed E-state index contributed by atoms with van der Waals surface area (Å²) >= 11 is 12.4. The summed E-state index contributed by atoms with van der Waals surface area (Å²) in [5.41, 5.74) is 2.02. The van der Waals surface area contributed by atoms with Crippen LogP contribution in [0.1, 0.15) is 11.3 Å². The van der Waals surface area contributed by atoms with Crippen molar-refractivity contribution in [1.29, 1.82) is 0 Å². The Bertz CT molecular complexity index is 1020. The first-order chi connectivity index (χ1) is 12.5. The van der Waals surface area contributed by atoms with Crippen molar-refractivity contribution in [2.45, 2.75) is 6.92 Å². The Morgan fingerprint density at radius 1 is 1.12 bits per heavy atom. The molecule has 0 N–H and O–H groups in total. The standard InChI is InChI=1S/C20H15Cl2NO3/c1-12-6-8-15-16(21)11-17(22)20(19(15)23-12)26-18(24)9-7-13-4-3-5-14(10-13)25-2/h3-11H,1-2H3. The van der Waals surface area contributed by atoms with Gasteiger partial charge < -0.3 is 9.47 Å². The van der Waals surface area contributed by atoms with Gasteiger partial charge in [-0.15, -0.1) is 0 Å². The molecular weight excluding hydrogens is 373 g/mol. The number of aryl methyl sites for hydroxylation is 1. The molecule has 1 aromatic heterocycles. The second-order valence-corrected chi connectivity index (χ2v) is 6.36. The van der Waals surface area contributed by atoms with Crippen LogP contribution in [0.4, 0.5) is 0 Å². The lowest BCUT2D eigenvalue weighted by Crippen LogP contribution is -2.05. The zero-order chi connectivity index (χ0) is 18.7. The highest BCUT2D eigenvalue weighted by molar-refractivity contribution is 6.39. The summed E-state index contributed by atoms with van der Waals surface area (Å²) in [4.78, 5) is 16.7. The van der Waals surface area contributed by atoms with Crippen LogP contribution in [0.25, 0.3) is 17.0 Å². The van der Waals surface area contributed by atoms with Crippen molar-refractivity contribution < 1.29 is 14.3 Å². The molecule has 0 atom stereocenters. The number of halogens is 2. The van der Waals surface area contributed by atoms with Crippen molar-refractivity contribution in [2.24, 2.45) is 0 Å². The van der Waals surface area contributed by atoms with E-state index < -0.39 is 5.97 Å². The van der Waals surface area contributed by atoms with E-state index in [4.69, 9.17) is 32.7 Å². The summed E-state index contributed by atoms with van der Waals surface area (Å²) in [7, 11) is 1.58. The first-order valence-corrected chi connectivity index (χ1v) is 8.53. The zero-order valence-electron chi connectivity index (χ0n) is 14.1. The number of fused-ring (bicyclic) bond motifs is 1. The number of hydrogen-bond donors (Lipinski definition) is 0. The van der Waals surface area contributed by atoms with Gasteiger partial charge in [0.2, 0.25) is 0 Å². The number of pyridine rings is 1. The first kappa shape index (κ1) is 18.2. The van der Waals surface area contributed by atoms with Gasteiger partial charge in [0.15, 0.2) is 5.75 Å². The minimum absolute atomic E-state index is 0.190. The molecule has 3 aromatic rings. The van der Waals surface area contributed by atoms with E-state index in [2.05, 4.69) is 4.98 Å². The van der Waals surface area contributed by atoms with E-state index >= 15 is 0 Å². The topological polar surface area (TPSA) is 48.4 Å². The van der Waals surface area contributed by atoms with E-state index in [9.17, 15) is 4.79 Å². The van der Waals surface area contributed by atoms with E-state index in [0.29, 0.717) is 21.7 Å². The van der Waals surface area contributed by atoms with Crippen LogP contribution in [0.5, 0.6) is 11.5 Å². The monoisotopic (exact) mass is 387 g/mol. The fraction of sp³-hybridized carbons (Fsp3) is 0.100. The number of aromatic nitrogens is 1. The quantitative estimate of drug-likeness (QED) is 0.338. The second-order valence-electron chi connectivity index (χ2n) is 5.55. The highest BCUT2D eigenvalue weighted by Crippen LogP contribution is 2.37. The number of esters is 1. The fourth-order valence-electron chi connectivity index (χ4n) is 2.43. The van der Waals surface area contributed by atoms with Gasteiger partial charge in [0.1, 0.15) is 11.3 Å². The molecule has 0 amide bonds. The van der Waals surface area contributed by atoms with Crippen LogP contribution in [0, 0.1) is 6.92 Å². The smallest absolute Gasteiger partial charge is 0.336 e. The lowest BCUT2D eigenvalue weighted by molar-refractivity contribution is -0.128. The maximum Gasteiger partial charge on any atom is 0.336 e. The summed E-state index contributed by atoms with van der Waals surface area (Å²) < 4.78 is 10.6. The molecule has 0 unspecified atom stereocenters. The molecule has 0 saturated heterocycles. The minimum Gasteiger partial charge on any atom is -0.497 e. The van der Waals surface area contributed by atoms with Crippen LogP contribution in [0.3, 0.4) is 0 Å². The van der Waals surface area contributed by atoms with Crippen molar-refractivity contribution >= 4 is 46.2 Å². The Morgan fingerprint density at radius 2 is 1.92 bits per heavy atom. The minimum atomic E-state index is -0.568. The number of carbonyl (C=O) groups is 1. The van der Waals surface area contributed by atoms with Gasteiger partial charge in [-0.2, -0.15) is 0 Å². The molecular formula is C20H15Cl2NO3. The van der Waals surface area contributed by atoms with Crippen molar-refractivity contribution in [3.63, 3.8) is 0 Å². The van der Waals surface area contributed by atoms with Gasteiger partial charge in [-0.05, 0) is 48.9 Å². The highest BCUT2D eigenvalue weighted by atomic mass is 35.5. The largest absolute Gasteiger partial charge is 0.497 e. The van der Waals surface area contributed by atoms with Gasteiger partial charge in [-0.3, -0.25) is 0 Å². The van der Waals surface area contributed by atoms with E-state index in [-0.39, 0.29) is 10.8 Å². The molecule has 0 aliphatic rings. The van der Waals surface area contributed by atoms with Gasteiger partial charge in [0.05, 0.1) is 17.2 Å². The van der Waals surface area contributed by atoms with Crippen molar-refractivity contribution in [1.82, 2.24) is 4.98 Å². The van der Waals surface area contributed by atoms with Gasteiger partial charge in [-0.1, -0.05) is 35.3 Å². The third-order valence-corrected chi connectivity index (χ3v) is 4.28. The number of methoxy groups -OCH3 is 1. The van der Waals surface area contributed by atoms with Gasteiger partial charge in [0.25, 0.3) is 0 Å². The number of carbonyl (C=O) groups excluding carboxylic acids is 1. The summed E-state index contributed by atoms with van der Waals surface area (Å²) in [6.07, 6.45) is 2.96. The zero-order valence-corrected chi connectivity index (χ0v) is 15.6. The van der Waals surface area contributed by atoms with E-state index in [1.807, 2.05) is 37.3 Å². The van der Waals surface area contributed by atoms with Crippen LogP contribution in [-0.4, -0.2) is 18.1 Å². The summed E-state index contributed by atoms with van der Waals surface area (Å²) in [6.45, 7) is 1.84. The Morgan fingerprint density at radius 3 is 2.69 bits per heavy atom. The molecule has 4 nitrogen and oxygen atoms in total. The molecule has 0 aliphatic heterocycles. The molecule has 0 fully saturated rings. The van der Waals surface area contributed by atoms with Gasteiger partial charge in [0, 0.05) is 17.2 Å². The molecule has 0 aliphatic carbocycles. The maximum atomic E-state index is 12.2. The SMILES string of the molecule is COc1cccc(C=CC(=O)Oc2c(Cl)cc(Cl)c3ccc(C)nc23)c1. The number of hydrogen-bond acceptors (Lipinski definition) is 4. The average molecular weight is 388 g/mol. The molecule has 0 spiro atoms. The van der Waals surface area contributed by atoms with Crippen LogP contribution in [0.15, 0.2) is 48.5 Å². The normalized spacial score (nSPS) is 11.1. The Balaban J connectivity index is 1.89. The lowest BCUT2D eigenvalue weighted by Gasteiger charge is -2.10. The number of nitrogens with zero attached hydrogens (tertiary/aromatic N) is 1. The van der Waals surface area contributed by atoms with Crippen molar-refractivity contribution in [3.05, 3.63) is 69.8 Å². The van der Waals surface area contributed by atoms with Crippen LogP contribution < -0.4 is 9.47 Å². The third kappa shape index (κ3) is 3.98. The molecule has 0 bridgehead atoms. The second kappa shape index (κ2) is 7.77. The lowest BCUT2D eigenvalue weighted by atomic mass is 10.2. The van der Waals surface area contributed by atoms with Crippen LogP contribution in [0.2, 0.25) is 10.0 Å². The first-order valence-electron chi connectivity index (χ1n) is 7.77. The highest BCUT2D eigenvalue weighted by Gasteiger charge is 2.15. The fourth-order valence-corrected chi connectivity index (χ4v) is 2.99. The summed E-state index contributed by atoms with van der Waals surface area (Å²) in [5, 5.41) is 1.34. The van der Waals surface area contributed by atoms with E-state index in [0.717, 1.165) is 11.3 Å². The molecule has 0 radical (unpaired) electrons. The van der Waals surface area contributed by atoms with Crippen molar-refractivity contribution in [3.8, 4) is 11.5 Å². The molecule has 1 heterocycles. The average Bonchev–Trinajstić information content (AvgIpc) is 2.63. The predicted molar refractivity (Wildman–Crippen MR) is 104 cm³/mol. The summed E-state index contributed by atoms with van der Waals surface area (Å²) in [6, 6.07) is 12.5. The Hall–Kier alpha value is -2.56. The number of benzene rings is 2. The molecule has 0 saturated carbocycles. The summed E-state index contributed by atoms with van der Waals surface area (Å²) in [5.74, 6) is 0.323. The number of ether oxygens (including phenoxy) is 2. The molecule has 132 valence electrons.